The number of carbonyl (C=O) groups is 2. The van der Waals surface area contributed by atoms with Gasteiger partial charge in [-0.1, -0.05) is 19.8 Å². The van der Waals surface area contributed by atoms with Crippen LogP contribution in [-0.2, 0) is 9.53 Å². The van der Waals surface area contributed by atoms with Crippen LogP contribution in [0.5, 0.6) is 0 Å². The Labute approximate surface area is 197 Å². The molecule has 1 aliphatic carbocycles. The summed E-state index contributed by atoms with van der Waals surface area (Å²) in [5.41, 5.74) is 6.67. The second kappa shape index (κ2) is 11.3. The highest BCUT2D eigenvalue weighted by Crippen LogP contribution is 2.32. The number of amides is 3. The maximum Gasteiger partial charge on any atom is 0.410 e. The Morgan fingerprint density at radius 2 is 2.03 bits per heavy atom. The third-order valence-corrected chi connectivity index (χ3v) is 6.32. The predicted octanol–water partition coefficient (Wildman–Crippen LogP) is 3.24. The Morgan fingerprint density at radius 1 is 1.36 bits per heavy atom. The Bertz CT molecular complexity index is 821. The van der Waals surface area contributed by atoms with E-state index in [1.54, 1.807) is 6.07 Å². The van der Waals surface area contributed by atoms with Gasteiger partial charge in [0.05, 0.1) is 25.2 Å². The van der Waals surface area contributed by atoms with Crippen molar-refractivity contribution >= 4 is 30.2 Å². The van der Waals surface area contributed by atoms with Gasteiger partial charge in [-0.15, -0.1) is 12.4 Å². The molecule has 0 aromatic carbocycles. The van der Waals surface area contributed by atoms with Gasteiger partial charge in [-0.3, -0.25) is 4.79 Å². The standard InChI is InChI=1S/C21H30F3N5O3.ClH/c1-12-3-5-13(6-4-12)18(25)19(30)28-17-9-14(7-8-26-17)15(11-32-2)29-10-16(21(22,23)24)27-20(29)31;/h7-9,12-13,15-16,18H,3-6,10-11,25H2,1-2H3,(H,27,31)(H,26,28,30);1H/t12?,13?,15-,16-,18-;/m0./s1. The van der Waals surface area contributed by atoms with Gasteiger partial charge < -0.3 is 26.0 Å². The van der Waals surface area contributed by atoms with E-state index in [1.165, 1.54) is 19.4 Å². The number of anilines is 1. The summed E-state index contributed by atoms with van der Waals surface area (Å²) in [5.74, 6) is 0.606. The Balaban J connectivity index is 0.00000385. The number of rotatable bonds is 7. The molecule has 186 valence electrons. The summed E-state index contributed by atoms with van der Waals surface area (Å²) in [4.78, 5) is 30.1. The zero-order valence-corrected chi connectivity index (χ0v) is 19.4. The van der Waals surface area contributed by atoms with Crippen molar-refractivity contribution in [3.8, 4) is 0 Å². The van der Waals surface area contributed by atoms with Crippen LogP contribution in [0, 0.1) is 11.8 Å². The SMILES string of the molecule is COC[C@@H](c1ccnc(NC(=O)[C@@H](N)C2CCC(C)CC2)c1)N1C[C@@H](C(F)(F)F)NC1=O.Cl. The van der Waals surface area contributed by atoms with Crippen molar-refractivity contribution in [1.29, 1.82) is 0 Å². The molecule has 0 unspecified atom stereocenters. The normalized spacial score (nSPS) is 25.1. The fourth-order valence-corrected chi connectivity index (χ4v) is 4.33. The van der Waals surface area contributed by atoms with Crippen molar-refractivity contribution in [3.05, 3.63) is 23.9 Å². The number of urea groups is 1. The lowest BCUT2D eigenvalue weighted by Crippen LogP contribution is -2.43. The summed E-state index contributed by atoms with van der Waals surface area (Å²) < 4.78 is 44.4. The molecular weight excluding hydrogens is 463 g/mol. The number of nitrogens with two attached hydrogens (primary N) is 1. The van der Waals surface area contributed by atoms with Crippen LogP contribution in [0.3, 0.4) is 0 Å². The predicted molar refractivity (Wildman–Crippen MR) is 119 cm³/mol. The Hall–Kier alpha value is -2.11. The maximum atomic E-state index is 13.1. The molecule has 1 saturated carbocycles. The van der Waals surface area contributed by atoms with Crippen LogP contribution in [0.4, 0.5) is 23.8 Å². The smallest absolute Gasteiger partial charge is 0.382 e. The van der Waals surface area contributed by atoms with E-state index in [1.807, 2.05) is 5.32 Å². The number of carbonyl (C=O) groups excluding carboxylic acids is 2. The molecule has 1 saturated heterocycles. The summed E-state index contributed by atoms with van der Waals surface area (Å²) in [7, 11) is 1.40. The average Bonchev–Trinajstić information content (AvgIpc) is 3.14. The van der Waals surface area contributed by atoms with Gasteiger partial charge in [0.15, 0.2) is 0 Å². The molecule has 0 radical (unpaired) electrons. The molecule has 1 aromatic rings. The lowest BCUT2D eigenvalue weighted by molar-refractivity contribution is -0.150. The number of nitrogens with zero attached hydrogens (tertiary/aromatic N) is 2. The van der Waals surface area contributed by atoms with Gasteiger partial charge in [0.1, 0.15) is 11.9 Å². The molecule has 1 aromatic heterocycles. The number of alkyl halides is 3. The number of hydrogen-bond acceptors (Lipinski definition) is 5. The molecule has 33 heavy (non-hydrogen) atoms. The third kappa shape index (κ3) is 6.70. The van der Waals surface area contributed by atoms with Crippen LogP contribution in [0.2, 0.25) is 0 Å². The molecule has 3 rings (SSSR count). The van der Waals surface area contributed by atoms with Crippen LogP contribution in [0.25, 0.3) is 0 Å². The van der Waals surface area contributed by atoms with E-state index in [0.717, 1.165) is 30.6 Å². The zero-order chi connectivity index (χ0) is 23.5. The first-order valence-electron chi connectivity index (χ1n) is 10.7. The van der Waals surface area contributed by atoms with Crippen LogP contribution in [0.15, 0.2) is 18.3 Å². The third-order valence-electron chi connectivity index (χ3n) is 6.32. The van der Waals surface area contributed by atoms with Crippen LogP contribution in [-0.4, -0.2) is 60.3 Å². The van der Waals surface area contributed by atoms with E-state index in [0.29, 0.717) is 11.5 Å². The van der Waals surface area contributed by atoms with Crippen LogP contribution in [0.1, 0.15) is 44.2 Å². The van der Waals surface area contributed by atoms with E-state index in [4.69, 9.17) is 10.5 Å². The van der Waals surface area contributed by atoms with Gasteiger partial charge in [-0.05, 0) is 42.4 Å². The highest BCUT2D eigenvalue weighted by atomic mass is 35.5. The topological polar surface area (TPSA) is 110 Å². The highest BCUT2D eigenvalue weighted by molar-refractivity contribution is 5.94. The van der Waals surface area contributed by atoms with Crippen molar-refractivity contribution < 1.29 is 27.5 Å². The van der Waals surface area contributed by atoms with Crippen LogP contribution >= 0.6 is 12.4 Å². The average molecular weight is 494 g/mol. The number of aromatic nitrogens is 1. The van der Waals surface area contributed by atoms with Crippen molar-refractivity contribution in [3.63, 3.8) is 0 Å². The fourth-order valence-electron chi connectivity index (χ4n) is 4.33. The van der Waals surface area contributed by atoms with Gasteiger partial charge in [-0.25, -0.2) is 9.78 Å². The van der Waals surface area contributed by atoms with E-state index in [9.17, 15) is 22.8 Å². The van der Waals surface area contributed by atoms with Crippen LogP contribution < -0.4 is 16.4 Å². The second-order valence-electron chi connectivity index (χ2n) is 8.68. The van der Waals surface area contributed by atoms with E-state index >= 15 is 0 Å². The van der Waals surface area contributed by atoms with Gasteiger partial charge in [0.2, 0.25) is 5.91 Å². The highest BCUT2D eigenvalue weighted by Gasteiger charge is 2.48. The molecule has 2 fully saturated rings. The molecule has 1 aliphatic heterocycles. The van der Waals surface area contributed by atoms with Crippen molar-refractivity contribution in [2.24, 2.45) is 17.6 Å². The van der Waals surface area contributed by atoms with E-state index in [2.05, 4.69) is 17.2 Å². The Morgan fingerprint density at radius 3 is 2.61 bits per heavy atom. The number of nitrogens with one attached hydrogen (secondary N) is 2. The lowest BCUT2D eigenvalue weighted by Gasteiger charge is -2.30. The van der Waals surface area contributed by atoms with Gasteiger partial charge in [0, 0.05) is 13.3 Å². The first-order chi connectivity index (χ1) is 15.1. The van der Waals surface area contributed by atoms with Crippen molar-refractivity contribution in [2.75, 3.05) is 25.6 Å². The number of hydrogen-bond donors (Lipinski definition) is 3. The zero-order valence-electron chi connectivity index (χ0n) is 18.6. The minimum atomic E-state index is -4.55. The summed E-state index contributed by atoms with van der Waals surface area (Å²) in [6.45, 7) is 1.63. The molecule has 8 nitrogen and oxygen atoms in total. The van der Waals surface area contributed by atoms with E-state index in [-0.39, 0.29) is 36.7 Å². The van der Waals surface area contributed by atoms with Gasteiger partial charge in [-0.2, -0.15) is 13.2 Å². The second-order valence-corrected chi connectivity index (χ2v) is 8.68. The molecule has 2 heterocycles. The van der Waals surface area contributed by atoms with Gasteiger partial charge in [0.25, 0.3) is 0 Å². The lowest BCUT2D eigenvalue weighted by atomic mass is 9.79. The minimum Gasteiger partial charge on any atom is -0.382 e. The molecule has 12 heteroatoms. The number of ether oxygens (including phenoxy) is 1. The molecule has 2 aliphatic rings. The Kier molecular flexibility index (Phi) is 9.33. The maximum absolute atomic E-state index is 13.1. The summed E-state index contributed by atoms with van der Waals surface area (Å²) in [6, 6.07) is -1.11. The summed E-state index contributed by atoms with van der Waals surface area (Å²) in [6.07, 6.45) is 0.736. The van der Waals surface area contributed by atoms with Crippen molar-refractivity contribution in [2.45, 2.75) is 56.9 Å². The number of pyridine rings is 1. The molecule has 3 atom stereocenters. The molecule has 3 amide bonds. The number of halogens is 4. The molecule has 0 bridgehead atoms. The fraction of sp³-hybridized carbons (Fsp3) is 0.667. The summed E-state index contributed by atoms with van der Waals surface area (Å²) >= 11 is 0. The summed E-state index contributed by atoms with van der Waals surface area (Å²) in [5, 5.41) is 4.67. The largest absolute Gasteiger partial charge is 0.410 e. The minimum absolute atomic E-state index is 0. The first kappa shape index (κ1) is 27.1. The number of methoxy groups -OCH3 is 1. The first-order valence-corrected chi connectivity index (χ1v) is 10.7. The quantitative estimate of drug-likeness (QED) is 0.540. The molecular formula is C21H31ClF3N5O3. The van der Waals surface area contributed by atoms with Crippen molar-refractivity contribution in [1.82, 2.24) is 15.2 Å². The monoisotopic (exact) mass is 493 g/mol. The molecule has 0 spiro atoms. The van der Waals surface area contributed by atoms with E-state index < -0.39 is 36.9 Å². The van der Waals surface area contributed by atoms with Gasteiger partial charge >= 0.3 is 12.2 Å². The molecule has 4 N–H and O–H groups in total.